The van der Waals surface area contributed by atoms with Crippen LogP contribution in [0.5, 0.6) is 0 Å². The van der Waals surface area contributed by atoms with Gasteiger partial charge in [-0.15, -0.1) is 11.3 Å². The molecule has 0 aromatic carbocycles. The first kappa shape index (κ1) is 11.1. The molecule has 0 N–H and O–H groups in total. The number of aromatic nitrogens is 1. The van der Waals surface area contributed by atoms with Crippen LogP contribution in [-0.2, 0) is 6.42 Å². The number of pyridine rings is 1. The Morgan fingerprint density at radius 3 is 3.12 bits per heavy atom. The van der Waals surface area contributed by atoms with Gasteiger partial charge >= 0.3 is 0 Å². The van der Waals surface area contributed by atoms with Crippen molar-refractivity contribution < 1.29 is 0 Å². The Morgan fingerprint density at radius 1 is 1.41 bits per heavy atom. The summed E-state index contributed by atoms with van der Waals surface area (Å²) in [7, 11) is 0. The highest BCUT2D eigenvalue weighted by Crippen LogP contribution is 2.35. The number of nitrogens with zero attached hydrogens (tertiary/aromatic N) is 2. The third-order valence-corrected chi connectivity index (χ3v) is 4.48. The van der Waals surface area contributed by atoms with E-state index in [-0.39, 0.29) is 0 Å². The summed E-state index contributed by atoms with van der Waals surface area (Å²) in [5.74, 6) is 0.974. The van der Waals surface area contributed by atoms with Gasteiger partial charge in [0, 0.05) is 11.4 Å². The number of fused-ring (bicyclic) bond motifs is 1. The molecule has 1 atom stereocenters. The first-order valence-electron chi connectivity index (χ1n) is 5.71. The van der Waals surface area contributed by atoms with Crippen LogP contribution in [-0.4, -0.2) is 11.5 Å². The van der Waals surface area contributed by atoms with Crippen LogP contribution >= 0.6 is 22.9 Å². The molecule has 0 aliphatic carbocycles. The van der Waals surface area contributed by atoms with Gasteiger partial charge in [-0.1, -0.05) is 17.7 Å². The van der Waals surface area contributed by atoms with Crippen LogP contribution in [0.3, 0.4) is 0 Å². The monoisotopic (exact) mass is 264 g/mol. The second-order valence-corrected chi connectivity index (χ2v) is 5.62. The van der Waals surface area contributed by atoms with Crippen molar-refractivity contribution >= 4 is 28.8 Å². The molecule has 1 aliphatic heterocycles. The fourth-order valence-corrected chi connectivity index (χ4v) is 3.50. The molecule has 17 heavy (non-hydrogen) atoms. The van der Waals surface area contributed by atoms with Gasteiger partial charge in [-0.25, -0.2) is 4.98 Å². The van der Waals surface area contributed by atoms with E-state index in [0.717, 1.165) is 18.8 Å². The van der Waals surface area contributed by atoms with E-state index in [1.165, 1.54) is 10.4 Å². The quantitative estimate of drug-likeness (QED) is 0.726. The molecule has 0 saturated carbocycles. The lowest BCUT2D eigenvalue weighted by molar-refractivity contribution is 0.625. The van der Waals surface area contributed by atoms with Crippen LogP contribution in [0.4, 0.5) is 5.82 Å². The molecule has 0 amide bonds. The third-order valence-electron chi connectivity index (χ3n) is 3.27. The summed E-state index contributed by atoms with van der Waals surface area (Å²) in [6, 6.07) is 8.41. The topological polar surface area (TPSA) is 16.1 Å². The molecule has 2 aromatic heterocycles. The Labute approximate surface area is 110 Å². The molecule has 1 aliphatic rings. The summed E-state index contributed by atoms with van der Waals surface area (Å²) in [6.07, 6.45) is 1.10. The maximum absolute atomic E-state index is 5.96. The molecule has 3 heterocycles. The van der Waals surface area contributed by atoms with Crippen LogP contribution in [0.2, 0.25) is 5.15 Å². The number of hydrogen-bond donors (Lipinski definition) is 0. The van der Waals surface area contributed by atoms with Crippen molar-refractivity contribution in [2.45, 2.75) is 19.4 Å². The molecule has 4 heteroatoms. The summed E-state index contributed by atoms with van der Waals surface area (Å²) in [6.45, 7) is 3.25. The van der Waals surface area contributed by atoms with E-state index in [1.807, 2.05) is 29.5 Å². The Bertz CT molecular complexity index is 538. The van der Waals surface area contributed by atoms with E-state index in [9.17, 15) is 0 Å². The smallest absolute Gasteiger partial charge is 0.131 e. The Kier molecular flexibility index (Phi) is 2.81. The zero-order chi connectivity index (χ0) is 11.8. The van der Waals surface area contributed by atoms with Crippen molar-refractivity contribution in [2.75, 3.05) is 11.4 Å². The summed E-state index contributed by atoms with van der Waals surface area (Å²) in [5, 5.41) is 2.74. The minimum Gasteiger partial charge on any atom is -0.349 e. The molecule has 0 saturated heterocycles. The molecular formula is C13H13ClN2S. The molecule has 1 unspecified atom stereocenters. The minimum absolute atomic E-state index is 0.385. The summed E-state index contributed by atoms with van der Waals surface area (Å²) >= 11 is 7.81. The Balaban J connectivity index is 1.96. The zero-order valence-electron chi connectivity index (χ0n) is 9.56. The number of thiophene rings is 1. The molecule has 88 valence electrons. The van der Waals surface area contributed by atoms with E-state index < -0.39 is 0 Å². The van der Waals surface area contributed by atoms with Gasteiger partial charge in [0.15, 0.2) is 0 Å². The van der Waals surface area contributed by atoms with Crippen LogP contribution < -0.4 is 4.90 Å². The fourth-order valence-electron chi connectivity index (χ4n) is 2.38. The number of halogens is 1. The predicted molar refractivity (Wildman–Crippen MR) is 73.0 cm³/mol. The average molecular weight is 265 g/mol. The van der Waals surface area contributed by atoms with Gasteiger partial charge in [0.1, 0.15) is 11.0 Å². The van der Waals surface area contributed by atoms with Crippen molar-refractivity contribution in [2.24, 2.45) is 0 Å². The molecule has 0 spiro atoms. The normalized spacial score (nSPS) is 19.2. The summed E-state index contributed by atoms with van der Waals surface area (Å²) in [5.41, 5.74) is 1.43. The van der Waals surface area contributed by atoms with Crippen molar-refractivity contribution in [3.63, 3.8) is 0 Å². The van der Waals surface area contributed by atoms with Crippen molar-refractivity contribution in [1.82, 2.24) is 4.98 Å². The number of hydrogen-bond acceptors (Lipinski definition) is 3. The molecule has 2 aromatic rings. The van der Waals surface area contributed by atoms with Crippen LogP contribution in [0.15, 0.2) is 29.6 Å². The molecule has 0 bridgehead atoms. The highest BCUT2D eigenvalue weighted by Gasteiger charge is 2.25. The highest BCUT2D eigenvalue weighted by molar-refractivity contribution is 7.10. The van der Waals surface area contributed by atoms with Gasteiger partial charge < -0.3 is 4.90 Å². The maximum atomic E-state index is 5.96. The Morgan fingerprint density at radius 2 is 2.29 bits per heavy atom. The van der Waals surface area contributed by atoms with E-state index >= 15 is 0 Å². The lowest BCUT2D eigenvalue weighted by Gasteiger charge is -2.34. The van der Waals surface area contributed by atoms with Gasteiger partial charge in [0.25, 0.3) is 0 Å². The van der Waals surface area contributed by atoms with Gasteiger partial charge in [0.2, 0.25) is 0 Å². The summed E-state index contributed by atoms with van der Waals surface area (Å²) in [4.78, 5) is 8.23. The second-order valence-electron chi connectivity index (χ2n) is 4.24. The van der Waals surface area contributed by atoms with E-state index in [4.69, 9.17) is 11.6 Å². The molecular weight excluding hydrogens is 252 g/mol. The van der Waals surface area contributed by atoms with E-state index in [1.54, 1.807) is 0 Å². The highest BCUT2D eigenvalue weighted by atomic mass is 35.5. The standard InChI is InChI=1S/C13H13ClN2S/c1-9-10-6-8-17-11(10)5-7-16(9)13-4-2-3-12(14)15-13/h2-4,6,8-9H,5,7H2,1H3. The maximum Gasteiger partial charge on any atom is 0.131 e. The molecule has 3 rings (SSSR count). The third kappa shape index (κ3) is 1.94. The first-order chi connectivity index (χ1) is 8.25. The lowest BCUT2D eigenvalue weighted by atomic mass is 10.0. The van der Waals surface area contributed by atoms with Gasteiger partial charge in [0.05, 0.1) is 6.04 Å². The molecule has 0 radical (unpaired) electrons. The zero-order valence-corrected chi connectivity index (χ0v) is 11.1. The lowest BCUT2D eigenvalue weighted by Crippen LogP contribution is -2.33. The number of rotatable bonds is 1. The van der Waals surface area contributed by atoms with E-state index in [2.05, 4.69) is 28.3 Å². The predicted octanol–water partition coefficient (Wildman–Crippen LogP) is 3.92. The van der Waals surface area contributed by atoms with Gasteiger partial charge in [-0.3, -0.25) is 0 Å². The molecule has 0 fully saturated rings. The van der Waals surface area contributed by atoms with Crippen molar-refractivity contribution in [3.05, 3.63) is 45.2 Å². The SMILES string of the molecule is CC1c2ccsc2CCN1c1cccc(Cl)n1. The van der Waals surface area contributed by atoms with Crippen LogP contribution in [0.25, 0.3) is 0 Å². The van der Waals surface area contributed by atoms with E-state index in [0.29, 0.717) is 11.2 Å². The Hall–Kier alpha value is -1.06. The number of anilines is 1. The first-order valence-corrected chi connectivity index (χ1v) is 6.97. The largest absolute Gasteiger partial charge is 0.349 e. The minimum atomic E-state index is 0.385. The average Bonchev–Trinajstić information content (AvgIpc) is 2.78. The van der Waals surface area contributed by atoms with Crippen molar-refractivity contribution in [3.8, 4) is 0 Å². The van der Waals surface area contributed by atoms with Crippen LogP contribution in [0, 0.1) is 0 Å². The fraction of sp³-hybridized carbons (Fsp3) is 0.308. The van der Waals surface area contributed by atoms with Crippen LogP contribution in [0.1, 0.15) is 23.4 Å². The second kappa shape index (κ2) is 4.31. The van der Waals surface area contributed by atoms with Crippen molar-refractivity contribution in [1.29, 1.82) is 0 Å². The van der Waals surface area contributed by atoms with Gasteiger partial charge in [-0.2, -0.15) is 0 Å². The molecule has 2 nitrogen and oxygen atoms in total. The van der Waals surface area contributed by atoms with Gasteiger partial charge in [-0.05, 0) is 42.5 Å². The summed E-state index contributed by atoms with van der Waals surface area (Å²) < 4.78 is 0.